The van der Waals surface area contributed by atoms with E-state index in [9.17, 15) is 15.0 Å². The molecule has 0 saturated heterocycles. The molecule has 0 radical (unpaired) electrons. The summed E-state index contributed by atoms with van der Waals surface area (Å²) in [5.41, 5.74) is 2.66. The van der Waals surface area contributed by atoms with Crippen LogP contribution in [0.4, 0.5) is 0 Å². The lowest BCUT2D eigenvalue weighted by molar-refractivity contribution is 0.373. The molecule has 3 aromatic heterocycles. The van der Waals surface area contributed by atoms with Crippen molar-refractivity contribution in [1.82, 2.24) is 4.40 Å². The van der Waals surface area contributed by atoms with Crippen LogP contribution < -0.4 is 15.1 Å². The van der Waals surface area contributed by atoms with Crippen molar-refractivity contribution >= 4 is 38.2 Å². The van der Waals surface area contributed by atoms with Gasteiger partial charge in [-0.05, 0) is 47.3 Å². The molecule has 0 amide bonds. The smallest absolute Gasteiger partial charge is 0.361 e. The molecule has 7 heteroatoms. The lowest BCUT2D eigenvalue weighted by atomic mass is 9.98. The molecular weight excluding hydrogens is 434 g/mol. The Morgan fingerprint density at radius 2 is 1.59 bits per heavy atom. The van der Waals surface area contributed by atoms with Crippen molar-refractivity contribution < 1.29 is 24.1 Å². The highest BCUT2D eigenvalue weighted by atomic mass is 16.5. The van der Waals surface area contributed by atoms with Crippen LogP contribution in [0.1, 0.15) is 0 Å². The van der Waals surface area contributed by atoms with Gasteiger partial charge in [0.05, 0.1) is 19.7 Å². The maximum absolute atomic E-state index is 13.2. The SMILES string of the molecule is COc1cc(-c2c3c4ccccc4oc(=O)c3n3ccc4cc(O)c(OC)cc4c23)ccc1O. The van der Waals surface area contributed by atoms with Crippen molar-refractivity contribution in [2.24, 2.45) is 0 Å². The molecule has 0 aliphatic rings. The predicted octanol–water partition coefficient (Wildman–Crippen LogP) is 5.45. The van der Waals surface area contributed by atoms with Gasteiger partial charge in [-0.3, -0.25) is 0 Å². The molecule has 0 saturated carbocycles. The largest absolute Gasteiger partial charge is 0.504 e. The van der Waals surface area contributed by atoms with Gasteiger partial charge >= 0.3 is 5.63 Å². The van der Waals surface area contributed by atoms with Crippen LogP contribution in [0.25, 0.3) is 49.3 Å². The molecule has 0 fully saturated rings. The van der Waals surface area contributed by atoms with Crippen LogP contribution in [0.2, 0.25) is 0 Å². The maximum Gasteiger partial charge on any atom is 0.361 e. The van der Waals surface area contributed by atoms with E-state index in [1.165, 1.54) is 14.2 Å². The number of fused-ring (bicyclic) bond motifs is 7. The number of aromatic nitrogens is 1. The van der Waals surface area contributed by atoms with E-state index < -0.39 is 5.63 Å². The third-order valence-electron chi connectivity index (χ3n) is 6.24. The van der Waals surface area contributed by atoms with Crippen LogP contribution in [0.15, 0.2) is 76.1 Å². The number of hydrogen-bond acceptors (Lipinski definition) is 6. The molecule has 0 spiro atoms. The minimum absolute atomic E-state index is 0.0138. The van der Waals surface area contributed by atoms with Crippen molar-refractivity contribution in [2.45, 2.75) is 0 Å². The van der Waals surface area contributed by atoms with Crippen LogP contribution in [-0.2, 0) is 0 Å². The van der Waals surface area contributed by atoms with Crippen LogP contribution >= 0.6 is 0 Å². The Labute approximate surface area is 192 Å². The van der Waals surface area contributed by atoms with E-state index >= 15 is 0 Å². The first-order chi connectivity index (χ1) is 16.5. The third-order valence-corrected chi connectivity index (χ3v) is 6.24. The molecule has 6 rings (SSSR count). The first kappa shape index (κ1) is 20.0. The number of rotatable bonds is 3. The molecule has 7 nitrogen and oxygen atoms in total. The van der Waals surface area contributed by atoms with Crippen LogP contribution in [0.5, 0.6) is 23.0 Å². The number of hydrogen-bond donors (Lipinski definition) is 2. The molecule has 0 bridgehead atoms. The molecule has 0 aliphatic carbocycles. The standard InChI is InChI=1S/C27H19NO6/c1-32-21-12-15(7-8-18(21)29)23-24-16-5-3-4-6-20(16)34-27(31)26(24)28-10-9-14-11-19(30)22(33-2)13-17(14)25(23)28/h3-13,29-30H,1-2H3. The molecule has 34 heavy (non-hydrogen) atoms. The second-order valence-corrected chi connectivity index (χ2v) is 8.02. The Kier molecular flexibility index (Phi) is 4.22. The Hall–Kier alpha value is -4.65. The topological polar surface area (TPSA) is 93.5 Å². The molecule has 6 aromatic rings. The first-order valence-electron chi connectivity index (χ1n) is 10.6. The van der Waals surface area contributed by atoms with Gasteiger partial charge in [-0.2, -0.15) is 0 Å². The molecule has 0 aliphatic heterocycles. The predicted molar refractivity (Wildman–Crippen MR) is 130 cm³/mol. The summed E-state index contributed by atoms with van der Waals surface area (Å²) in [4.78, 5) is 13.2. The number of para-hydroxylation sites is 1. The van der Waals surface area contributed by atoms with Crippen molar-refractivity contribution in [3.8, 4) is 34.1 Å². The van der Waals surface area contributed by atoms with Gasteiger partial charge in [-0.1, -0.05) is 24.3 Å². The monoisotopic (exact) mass is 453 g/mol. The summed E-state index contributed by atoms with van der Waals surface area (Å²) < 4.78 is 18.2. The fraction of sp³-hybridized carbons (Fsp3) is 0.0741. The fourth-order valence-corrected chi connectivity index (χ4v) is 4.74. The second kappa shape index (κ2) is 7.18. The summed E-state index contributed by atoms with van der Waals surface area (Å²) in [5, 5.41) is 23.6. The fourth-order valence-electron chi connectivity index (χ4n) is 4.74. The maximum atomic E-state index is 13.2. The average Bonchev–Trinajstić information content (AvgIpc) is 3.20. The van der Waals surface area contributed by atoms with E-state index in [0.29, 0.717) is 22.6 Å². The highest BCUT2D eigenvalue weighted by molar-refractivity contribution is 6.21. The summed E-state index contributed by atoms with van der Waals surface area (Å²) in [6.45, 7) is 0. The van der Waals surface area contributed by atoms with Gasteiger partial charge in [-0.15, -0.1) is 0 Å². The molecule has 168 valence electrons. The summed E-state index contributed by atoms with van der Waals surface area (Å²) in [6.07, 6.45) is 1.79. The van der Waals surface area contributed by atoms with Gasteiger partial charge in [0.25, 0.3) is 0 Å². The minimum Gasteiger partial charge on any atom is -0.504 e. The molecule has 3 heterocycles. The quantitative estimate of drug-likeness (QED) is 0.346. The Bertz CT molecular complexity index is 1830. The van der Waals surface area contributed by atoms with E-state index in [2.05, 4.69) is 0 Å². The van der Waals surface area contributed by atoms with E-state index in [4.69, 9.17) is 13.9 Å². The van der Waals surface area contributed by atoms with Gasteiger partial charge in [0, 0.05) is 27.9 Å². The lowest BCUT2D eigenvalue weighted by Gasteiger charge is -2.11. The Morgan fingerprint density at radius 1 is 0.824 bits per heavy atom. The Balaban J connectivity index is 1.94. The number of phenols is 2. The van der Waals surface area contributed by atoms with E-state index in [1.807, 2.05) is 24.3 Å². The van der Waals surface area contributed by atoms with Gasteiger partial charge < -0.3 is 28.5 Å². The number of nitrogens with zero attached hydrogens (tertiary/aromatic N) is 1. The number of aromatic hydroxyl groups is 2. The minimum atomic E-state index is -0.467. The third kappa shape index (κ3) is 2.67. The normalized spacial score (nSPS) is 11.6. The zero-order chi connectivity index (χ0) is 23.6. The van der Waals surface area contributed by atoms with Crippen molar-refractivity contribution in [3.63, 3.8) is 0 Å². The van der Waals surface area contributed by atoms with E-state index in [0.717, 1.165) is 38.2 Å². The highest BCUT2D eigenvalue weighted by Gasteiger charge is 2.23. The highest BCUT2D eigenvalue weighted by Crippen LogP contribution is 2.44. The van der Waals surface area contributed by atoms with Gasteiger partial charge in [0.2, 0.25) is 0 Å². The van der Waals surface area contributed by atoms with Gasteiger partial charge in [-0.25, -0.2) is 4.79 Å². The van der Waals surface area contributed by atoms with E-state index in [1.54, 1.807) is 47.0 Å². The zero-order valence-electron chi connectivity index (χ0n) is 18.3. The number of phenolic OH excluding ortho intramolecular Hbond substituents is 2. The zero-order valence-corrected chi connectivity index (χ0v) is 18.3. The van der Waals surface area contributed by atoms with Crippen molar-refractivity contribution in [2.75, 3.05) is 14.2 Å². The van der Waals surface area contributed by atoms with Crippen LogP contribution in [-0.4, -0.2) is 28.8 Å². The number of benzene rings is 3. The first-order valence-corrected chi connectivity index (χ1v) is 10.6. The van der Waals surface area contributed by atoms with Gasteiger partial charge in [0.1, 0.15) is 11.1 Å². The summed E-state index contributed by atoms with van der Waals surface area (Å²) >= 11 is 0. The molecule has 0 unspecified atom stereocenters. The van der Waals surface area contributed by atoms with Gasteiger partial charge in [0.15, 0.2) is 23.0 Å². The van der Waals surface area contributed by atoms with Crippen LogP contribution in [0, 0.1) is 0 Å². The summed E-state index contributed by atoms with van der Waals surface area (Å²) in [6, 6.07) is 17.7. The molecule has 2 N–H and O–H groups in total. The number of pyridine rings is 1. The van der Waals surface area contributed by atoms with Crippen molar-refractivity contribution in [1.29, 1.82) is 0 Å². The lowest BCUT2D eigenvalue weighted by Crippen LogP contribution is -2.02. The van der Waals surface area contributed by atoms with Crippen LogP contribution in [0.3, 0.4) is 0 Å². The summed E-state index contributed by atoms with van der Waals surface area (Å²) in [7, 11) is 2.98. The Morgan fingerprint density at radius 3 is 2.38 bits per heavy atom. The molecule has 0 atom stereocenters. The number of ether oxygens (including phenoxy) is 2. The molecular formula is C27H19NO6. The molecule has 3 aromatic carbocycles. The second-order valence-electron chi connectivity index (χ2n) is 8.02. The van der Waals surface area contributed by atoms with E-state index in [-0.39, 0.29) is 11.5 Å². The summed E-state index contributed by atoms with van der Waals surface area (Å²) in [5.74, 6) is 0.665. The number of methoxy groups -OCH3 is 2. The average molecular weight is 453 g/mol. The van der Waals surface area contributed by atoms with Crippen molar-refractivity contribution in [3.05, 3.63) is 77.3 Å².